The monoisotopic (exact) mass is 347 g/mol. The quantitative estimate of drug-likeness (QED) is 0.555. The van der Waals surface area contributed by atoms with Gasteiger partial charge in [0, 0.05) is 13.2 Å². The number of carbonyl (C=O) groups is 1. The normalized spacial score (nSPS) is 13.6. The van der Waals surface area contributed by atoms with Crippen molar-refractivity contribution in [1.29, 1.82) is 0 Å². The number of nitrogens with one attached hydrogen (secondary N) is 1. The maximum Gasteiger partial charge on any atom is 0.416 e. The molecule has 1 aromatic rings. The fraction of sp³-hybridized carbons (Fsp3) is 0.588. The lowest BCUT2D eigenvalue weighted by molar-refractivity contribution is -0.137. The van der Waals surface area contributed by atoms with Crippen LogP contribution in [0, 0.1) is 0 Å². The number of amides is 1. The number of hydrogen-bond acceptors (Lipinski definition) is 3. The molecule has 136 valence electrons. The summed E-state index contributed by atoms with van der Waals surface area (Å²) in [5.41, 5.74) is -0.791. The molecular weight excluding hydrogens is 323 g/mol. The first-order valence-corrected chi connectivity index (χ1v) is 7.75. The van der Waals surface area contributed by atoms with Crippen molar-refractivity contribution < 1.29 is 27.8 Å². The zero-order valence-electron chi connectivity index (χ0n) is 14.1. The lowest BCUT2D eigenvalue weighted by Gasteiger charge is -2.23. The molecule has 1 unspecified atom stereocenters. The molecule has 0 saturated carbocycles. The Balaban J connectivity index is 2.90. The highest BCUT2D eigenvalue weighted by molar-refractivity contribution is 5.46. The van der Waals surface area contributed by atoms with Gasteiger partial charge in [-0.25, -0.2) is 0 Å². The minimum atomic E-state index is -4.50. The van der Waals surface area contributed by atoms with Crippen molar-refractivity contribution in [3.63, 3.8) is 0 Å². The molecule has 4 nitrogen and oxygen atoms in total. The molecule has 0 aliphatic rings. The number of rotatable bonds is 8. The van der Waals surface area contributed by atoms with Crippen LogP contribution in [0.5, 0.6) is 5.75 Å². The minimum absolute atomic E-state index is 0.220. The fourth-order valence-corrected chi connectivity index (χ4v) is 2.34. The Morgan fingerprint density at radius 2 is 1.92 bits per heavy atom. The molecule has 0 aliphatic carbocycles. The van der Waals surface area contributed by atoms with Gasteiger partial charge in [-0.15, -0.1) is 0 Å². The minimum Gasteiger partial charge on any atom is -0.508 e. The van der Waals surface area contributed by atoms with Crippen molar-refractivity contribution in [3.8, 4) is 5.75 Å². The Morgan fingerprint density at radius 3 is 2.42 bits per heavy atom. The summed E-state index contributed by atoms with van der Waals surface area (Å²) < 4.78 is 43.8. The van der Waals surface area contributed by atoms with E-state index >= 15 is 0 Å². The average Bonchev–Trinajstić information content (AvgIpc) is 2.44. The first kappa shape index (κ1) is 20.3. The standard InChI is InChI=1S/C17H24F3NO3/c1-16(2,3)24-9-7-12(6-8-21-11-22)14-5-4-13(10-15(14)23)17(18,19)20/h4-5,10-12,23H,6-9H2,1-3H3,(H,21,22). The maximum atomic E-state index is 12.7. The summed E-state index contributed by atoms with van der Waals surface area (Å²) in [6.45, 7) is 6.49. The van der Waals surface area contributed by atoms with Gasteiger partial charge in [0.2, 0.25) is 6.41 Å². The van der Waals surface area contributed by atoms with Crippen molar-refractivity contribution in [2.24, 2.45) is 0 Å². The summed E-state index contributed by atoms with van der Waals surface area (Å²) in [6, 6.07) is 2.99. The van der Waals surface area contributed by atoms with Gasteiger partial charge in [0.15, 0.2) is 0 Å². The molecule has 0 aliphatic heterocycles. The van der Waals surface area contributed by atoms with Crippen LogP contribution in [0.3, 0.4) is 0 Å². The molecule has 1 aromatic carbocycles. The lowest BCUT2D eigenvalue weighted by atomic mass is 9.91. The summed E-state index contributed by atoms with van der Waals surface area (Å²) in [6.07, 6.45) is -2.92. The Morgan fingerprint density at radius 1 is 1.25 bits per heavy atom. The molecule has 1 rings (SSSR count). The first-order chi connectivity index (χ1) is 11.0. The number of benzene rings is 1. The number of halogens is 3. The summed E-state index contributed by atoms with van der Waals surface area (Å²) in [4.78, 5) is 10.4. The van der Waals surface area contributed by atoms with Crippen molar-refractivity contribution >= 4 is 6.41 Å². The van der Waals surface area contributed by atoms with Crippen LogP contribution in [0.4, 0.5) is 13.2 Å². The number of phenolic OH excluding ortho intramolecular Hbond substituents is 1. The van der Waals surface area contributed by atoms with Crippen molar-refractivity contribution in [2.75, 3.05) is 13.2 Å². The van der Waals surface area contributed by atoms with E-state index in [0.29, 0.717) is 38.0 Å². The molecule has 24 heavy (non-hydrogen) atoms. The van der Waals surface area contributed by atoms with Gasteiger partial charge in [0.1, 0.15) is 5.75 Å². The smallest absolute Gasteiger partial charge is 0.416 e. The second-order valence-corrected chi connectivity index (χ2v) is 6.58. The summed E-state index contributed by atoms with van der Waals surface area (Å²) in [5, 5.41) is 12.5. The zero-order chi connectivity index (χ0) is 18.4. The highest BCUT2D eigenvalue weighted by Crippen LogP contribution is 2.37. The predicted octanol–water partition coefficient (Wildman–Crippen LogP) is 3.84. The summed E-state index contributed by atoms with van der Waals surface area (Å²) in [7, 11) is 0. The molecule has 0 bridgehead atoms. The zero-order valence-corrected chi connectivity index (χ0v) is 14.1. The van der Waals surface area contributed by atoms with Crippen LogP contribution in [0.25, 0.3) is 0 Å². The third kappa shape index (κ3) is 6.78. The van der Waals surface area contributed by atoms with Crippen LogP contribution in [0.2, 0.25) is 0 Å². The van der Waals surface area contributed by atoms with Crippen LogP contribution in [0.15, 0.2) is 18.2 Å². The average molecular weight is 347 g/mol. The van der Waals surface area contributed by atoms with Gasteiger partial charge in [-0.05, 0) is 57.2 Å². The van der Waals surface area contributed by atoms with E-state index in [0.717, 1.165) is 12.1 Å². The number of hydrogen-bond donors (Lipinski definition) is 2. The molecule has 1 atom stereocenters. The first-order valence-electron chi connectivity index (χ1n) is 7.75. The van der Waals surface area contributed by atoms with E-state index in [1.54, 1.807) is 0 Å². The number of alkyl halides is 3. The third-order valence-electron chi connectivity index (χ3n) is 3.52. The molecule has 2 N–H and O–H groups in total. The van der Waals surface area contributed by atoms with Gasteiger partial charge in [-0.1, -0.05) is 6.07 Å². The topological polar surface area (TPSA) is 58.6 Å². The summed E-state index contributed by atoms with van der Waals surface area (Å²) >= 11 is 0. The van der Waals surface area contributed by atoms with Crippen LogP contribution in [-0.4, -0.2) is 30.3 Å². The Kier molecular flexibility index (Phi) is 7.08. The number of carbonyl (C=O) groups excluding carboxylic acids is 1. The van der Waals surface area contributed by atoms with Crippen molar-refractivity contribution in [1.82, 2.24) is 5.32 Å². The molecular formula is C17H24F3NO3. The third-order valence-corrected chi connectivity index (χ3v) is 3.52. The molecule has 1 amide bonds. The van der Waals surface area contributed by atoms with Gasteiger partial charge in [-0.3, -0.25) is 4.79 Å². The van der Waals surface area contributed by atoms with Crippen LogP contribution >= 0.6 is 0 Å². The SMILES string of the molecule is CC(C)(C)OCCC(CCNC=O)c1ccc(C(F)(F)F)cc1O. The molecule has 0 heterocycles. The van der Waals surface area contributed by atoms with Gasteiger partial charge >= 0.3 is 6.18 Å². The van der Waals surface area contributed by atoms with Crippen LogP contribution in [0.1, 0.15) is 50.7 Å². The highest BCUT2D eigenvalue weighted by Gasteiger charge is 2.31. The Hall–Kier alpha value is -1.76. The molecule has 0 spiro atoms. The molecule has 7 heteroatoms. The van der Waals surface area contributed by atoms with Crippen molar-refractivity contribution in [3.05, 3.63) is 29.3 Å². The van der Waals surface area contributed by atoms with Gasteiger partial charge in [0.05, 0.1) is 11.2 Å². The fourth-order valence-electron chi connectivity index (χ4n) is 2.34. The van der Waals surface area contributed by atoms with Crippen molar-refractivity contribution in [2.45, 2.75) is 51.3 Å². The van der Waals surface area contributed by atoms with E-state index in [9.17, 15) is 23.1 Å². The van der Waals surface area contributed by atoms with E-state index in [4.69, 9.17) is 4.74 Å². The number of phenols is 1. The Bertz CT molecular complexity index is 539. The van der Waals surface area contributed by atoms with E-state index in [-0.39, 0.29) is 11.5 Å². The second-order valence-electron chi connectivity index (χ2n) is 6.58. The van der Waals surface area contributed by atoms with Gasteiger partial charge in [-0.2, -0.15) is 13.2 Å². The Labute approximate surface area is 140 Å². The lowest BCUT2D eigenvalue weighted by Crippen LogP contribution is -2.22. The predicted molar refractivity (Wildman–Crippen MR) is 84.9 cm³/mol. The largest absolute Gasteiger partial charge is 0.508 e. The molecule has 0 fully saturated rings. The molecule has 0 aromatic heterocycles. The van der Waals surface area contributed by atoms with Crippen LogP contribution in [-0.2, 0) is 15.7 Å². The number of aromatic hydroxyl groups is 1. The second kappa shape index (κ2) is 8.37. The maximum absolute atomic E-state index is 12.7. The van der Waals surface area contributed by atoms with E-state index < -0.39 is 17.5 Å². The van der Waals surface area contributed by atoms with E-state index in [2.05, 4.69) is 5.32 Å². The molecule has 0 radical (unpaired) electrons. The van der Waals surface area contributed by atoms with E-state index in [1.165, 1.54) is 6.07 Å². The van der Waals surface area contributed by atoms with E-state index in [1.807, 2.05) is 20.8 Å². The van der Waals surface area contributed by atoms with Crippen LogP contribution < -0.4 is 5.32 Å². The highest BCUT2D eigenvalue weighted by atomic mass is 19.4. The summed E-state index contributed by atoms with van der Waals surface area (Å²) in [5.74, 6) is -0.612. The molecule has 0 saturated heterocycles. The number of ether oxygens (including phenoxy) is 1. The van der Waals surface area contributed by atoms with Gasteiger partial charge in [0.25, 0.3) is 0 Å². The van der Waals surface area contributed by atoms with Gasteiger partial charge < -0.3 is 15.2 Å².